The molecule has 0 fully saturated rings. The van der Waals surface area contributed by atoms with Crippen LogP contribution in [0.2, 0.25) is 10.0 Å². The molecular formula is C22H17Cl2FN2O2. The van der Waals surface area contributed by atoms with Crippen molar-refractivity contribution in [1.29, 1.82) is 0 Å². The van der Waals surface area contributed by atoms with Gasteiger partial charge in [-0.05, 0) is 48.4 Å². The number of nitrogens with two attached hydrogens (primary N) is 1. The molecule has 1 amide bonds. The van der Waals surface area contributed by atoms with Crippen molar-refractivity contribution in [2.45, 2.75) is 13.0 Å². The van der Waals surface area contributed by atoms with Gasteiger partial charge in [0.1, 0.15) is 11.6 Å². The van der Waals surface area contributed by atoms with Crippen molar-refractivity contribution in [2.24, 2.45) is 0 Å². The van der Waals surface area contributed by atoms with E-state index in [-0.39, 0.29) is 18.3 Å². The molecule has 1 aliphatic heterocycles. The molecule has 3 aromatic rings. The summed E-state index contributed by atoms with van der Waals surface area (Å²) in [6, 6.07) is 14.8. The van der Waals surface area contributed by atoms with Crippen LogP contribution in [0.4, 0.5) is 10.1 Å². The Hall–Kier alpha value is -2.76. The van der Waals surface area contributed by atoms with Crippen molar-refractivity contribution >= 4 is 34.8 Å². The Morgan fingerprint density at radius 3 is 2.52 bits per heavy atom. The highest BCUT2D eigenvalue weighted by Gasteiger charge is 2.25. The van der Waals surface area contributed by atoms with E-state index in [4.69, 9.17) is 33.7 Å². The Bertz CT molecular complexity index is 1080. The van der Waals surface area contributed by atoms with Gasteiger partial charge in [-0.1, -0.05) is 41.4 Å². The molecule has 3 aromatic carbocycles. The summed E-state index contributed by atoms with van der Waals surface area (Å²) in [5.41, 5.74) is 8.09. The molecule has 4 rings (SSSR count). The first-order valence-corrected chi connectivity index (χ1v) is 9.76. The monoisotopic (exact) mass is 430 g/mol. The van der Waals surface area contributed by atoms with Gasteiger partial charge in [0, 0.05) is 29.9 Å². The summed E-state index contributed by atoms with van der Waals surface area (Å²) in [5, 5.41) is 0.611. The smallest absolute Gasteiger partial charge is 0.254 e. The standard InChI is InChI=1S/C22H17Cl2FN2O2/c23-18-10-15(26)11-19(24)21(18)29-16-5-6-17-13(9-16)7-8-27(22(17)28)12-14-3-1-2-4-20(14)25/h1-6,9-11H,7-8,12,26H2. The van der Waals surface area contributed by atoms with E-state index in [1.807, 2.05) is 0 Å². The lowest BCUT2D eigenvalue weighted by Gasteiger charge is -2.29. The second-order valence-electron chi connectivity index (χ2n) is 6.80. The molecule has 0 bridgehead atoms. The van der Waals surface area contributed by atoms with Gasteiger partial charge in [0.25, 0.3) is 5.91 Å². The molecule has 0 atom stereocenters. The van der Waals surface area contributed by atoms with E-state index >= 15 is 0 Å². The van der Waals surface area contributed by atoms with Gasteiger partial charge in [-0.15, -0.1) is 0 Å². The molecule has 4 nitrogen and oxygen atoms in total. The summed E-state index contributed by atoms with van der Waals surface area (Å²) < 4.78 is 19.8. The minimum atomic E-state index is -0.313. The third kappa shape index (κ3) is 4.02. The molecule has 29 heavy (non-hydrogen) atoms. The predicted octanol–water partition coefficient (Wildman–Crippen LogP) is 5.71. The highest BCUT2D eigenvalue weighted by molar-refractivity contribution is 6.37. The molecular weight excluding hydrogens is 414 g/mol. The molecule has 0 aromatic heterocycles. The van der Waals surface area contributed by atoms with Crippen LogP contribution in [0.5, 0.6) is 11.5 Å². The first kappa shape index (κ1) is 19.6. The van der Waals surface area contributed by atoms with Crippen LogP contribution in [0, 0.1) is 5.82 Å². The van der Waals surface area contributed by atoms with E-state index in [1.165, 1.54) is 6.07 Å². The number of benzene rings is 3. The number of halogens is 3. The SMILES string of the molecule is Nc1cc(Cl)c(Oc2ccc3c(c2)CCN(Cc2ccccc2F)C3=O)c(Cl)c1. The summed E-state index contributed by atoms with van der Waals surface area (Å²) in [7, 11) is 0. The molecule has 2 N–H and O–H groups in total. The van der Waals surface area contributed by atoms with Crippen LogP contribution < -0.4 is 10.5 Å². The minimum absolute atomic E-state index is 0.135. The van der Waals surface area contributed by atoms with Crippen LogP contribution in [-0.4, -0.2) is 17.4 Å². The van der Waals surface area contributed by atoms with Gasteiger partial charge in [0.05, 0.1) is 10.0 Å². The van der Waals surface area contributed by atoms with E-state index in [9.17, 15) is 9.18 Å². The van der Waals surface area contributed by atoms with Crippen molar-refractivity contribution in [3.05, 3.63) is 87.2 Å². The van der Waals surface area contributed by atoms with E-state index in [1.54, 1.807) is 53.4 Å². The third-order valence-electron chi connectivity index (χ3n) is 4.80. The number of ether oxygens (including phenoxy) is 1. The molecule has 0 radical (unpaired) electrons. The summed E-state index contributed by atoms with van der Waals surface area (Å²) in [5.74, 6) is 0.384. The number of carbonyl (C=O) groups is 1. The molecule has 1 aliphatic rings. The second-order valence-corrected chi connectivity index (χ2v) is 7.62. The van der Waals surface area contributed by atoms with Gasteiger partial charge in [-0.3, -0.25) is 4.79 Å². The Morgan fingerprint density at radius 1 is 1.07 bits per heavy atom. The van der Waals surface area contributed by atoms with E-state index < -0.39 is 0 Å². The summed E-state index contributed by atoms with van der Waals surface area (Å²) in [6.07, 6.45) is 0.635. The predicted molar refractivity (Wildman–Crippen MR) is 112 cm³/mol. The number of carbonyl (C=O) groups excluding carboxylic acids is 1. The Labute approximate surface area is 177 Å². The van der Waals surface area contributed by atoms with Crippen molar-refractivity contribution in [2.75, 3.05) is 12.3 Å². The first-order valence-electron chi connectivity index (χ1n) is 9.00. The van der Waals surface area contributed by atoms with Crippen LogP contribution in [0.25, 0.3) is 0 Å². The number of fused-ring (bicyclic) bond motifs is 1. The number of hydrogen-bond donors (Lipinski definition) is 1. The lowest BCUT2D eigenvalue weighted by Crippen LogP contribution is -2.37. The topological polar surface area (TPSA) is 55.6 Å². The summed E-state index contributed by atoms with van der Waals surface area (Å²) in [4.78, 5) is 14.5. The van der Waals surface area contributed by atoms with Crippen molar-refractivity contribution in [3.8, 4) is 11.5 Å². The largest absolute Gasteiger partial charge is 0.454 e. The quantitative estimate of drug-likeness (QED) is 0.539. The maximum Gasteiger partial charge on any atom is 0.254 e. The maximum atomic E-state index is 13.9. The van der Waals surface area contributed by atoms with Crippen LogP contribution >= 0.6 is 23.2 Å². The number of amides is 1. The van der Waals surface area contributed by atoms with E-state index in [0.29, 0.717) is 51.3 Å². The first-order chi connectivity index (χ1) is 13.9. The zero-order valence-corrected chi connectivity index (χ0v) is 16.8. The Kier molecular flexibility index (Phi) is 5.35. The highest BCUT2D eigenvalue weighted by atomic mass is 35.5. The van der Waals surface area contributed by atoms with Crippen molar-refractivity contribution in [1.82, 2.24) is 4.90 Å². The van der Waals surface area contributed by atoms with Gasteiger partial charge >= 0.3 is 0 Å². The van der Waals surface area contributed by atoms with Gasteiger partial charge in [-0.2, -0.15) is 0 Å². The molecule has 0 unspecified atom stereocenters. The average Bonchev–Trinajstić information content (AvgIpc) is 2.68. The van der Waals surface area contributed by atoms with Crippen molar-refractivity contribution < 1.29 is 13.9 Å². The molecule has 7 heteroatoms. The number of nitrogens with zero attached hydrogens (tertiary/aromatic N) is 1. The van der Waals surface area contributed by atoms with Gasteiger partial charge in [0.2, 0.25) is 0 Å². The van der Waals surface area contributed by atoms with Gasteiger partial charge in [0.15, 0.2) is 5.75 Å². The molecule has 0 aliphatic carbocycles. The number of nitrogen functional groups attached to an aromatic ring is 1. The maximum absolute atomic E-state index is 13.9. The average molecular weight is 431 g/mol. The summed E-state index contributed by atoms with van der Waals surface area (Å²) >= 11 is 12.4. The van der Waals surface area contributed by atoms with Gasteiger partial charge in [-0.25, -0.2) is 4.39 Å². The van der Waals surface area contributed by atoms with Crippen LogP contribution in [0.3, 0.4) is 0 Å². The summed E-state index contributed by atoms with van der Waals surface area (Å²) in [6.45, 7) is 0.729. The lowest BCUT2D eigenvalue weighted by molar-refractivity contribution is 0.0725. The molecule has 0 spiro atoms. The van der Waals surface area contributed by atoms with E-state index in [0.717, 1.165) is 5.56 Å². The zero-order valence-electron chi connectivity index (χ0n) is 15.3. The fourth-order valence-corrected chi connectivity index (χ4v) is 3.94. The molecule has 148 valence electrons. The minimum Gasteiger partial charge on any atom is -0.454 e. The van der Waals surface area contributed by atoms with Crippen molar-refractivity contribution in [3.63, 3.8) is 0 Å². The fourth-order valence-electron chi connectivity index (χ4n) is 3.35. The number of hydrogen-bond acceptors (Lipinski definition) is 3. The number of anilines is 1. The lowest BCUT2D eigenvalue weighted by atomic mass is 9.98. The normalized spacial score (nSPS) is 13.3. The Balaban J connectivity index is 1.55. The van der Waals surface area contributed by atoms with Crippen LogP contribution in [0.15, 0.2) is 54.6 Å². The molecule has 0 saturated heterocycles. The highest BCUT2D eigenvalue weighted by Crippen LogP contribution is 2.38. The van der Waals surface area contributed by atoms with Crippen LogP contribution in [-0.2, 0) is 13.0 Å². The Morgan fingerprint density at radius 2 is 1.79 bits per heavy atom. The molecule has 1 heterocycles. The fraction of sp³-hybridized carbons (Fsp3) is 0.136. The van der Waals surface area contributed by atoms with E-state index in [2.05, 4.69) is 0 Å². The number of rotatable bonds is 4. The molecule has 0 saturated carbocycles. The van der Waals surface area contributed by atoms with Gasteiger partial charge < -0.3 is 15.4 Å². The zero-order chi connectivity index (χ0) is 20.5. The van der Waals surface area contributed by atoms with Crippen LogP contribution in [0.1, 0.15) is 21.5 Å². The second kappa shape index (κ2) is 7.93. The third-order valence-corrected chi connectivity index (χ3v) is 5.37.